The molecule has 5 nitrogen and oxygen atoms in total. The summed E-state index contributed by atoms with van der Waals surface area (Å²) in [7, 11) is 1.27. The van der Waals surface area contributed by atoms with Gasteiger partial charge >= 0.3 is 12.1 Å². The van der Waals surface area contributed by atoms with E-state index in [0.717, 1.165) is 0 Å². The molecular weight excluding hydrogens is 498 g/mol. The highest BCUT2D eigenvalue weighted by Gasteiger charge is 2.49. The molecular formula is C22H26BrF4NO4. The summed E-state index contributed by atoms with van der Waals surface area (Å²) in [5.74, 6) is -4.17. The summed E-state index contributed by atoms with van der Waals surface area (Å²) in [6.07, 6.45) is -3.21. The van der Waals surface area contributed by atoms with Gasteiger partial charge in [-0.3, -0.25) is 10.1 Å². The molecule has 32 heavy (non-hydrogen) atoms. The number of nitrogens with one attached hydrogen (secondary N) is 1. The Morgan fingerprint density at radius 2 is 2.00 bits per heavy atom. The molecule has 1 aliphatic rings. The number of halogens is 5. The van der Waals surface area contributed by atoms with Crippen molar-refractivity contribution in [3.8, 4) is 0 Å². The minimum absolute atomic E-state index is 0.0186. The van der Waals surface area contributed by atoms with Crippen molar-refractivity contribution in [1.82, 2.24) is 5.32 Å². The SMILES string of the molecule is COCOC1(F)CC(C(NC(CC(C)C)C(=O)O)C(F)(F)F)=CC=C1c1cccc(Br)c1. The van der Waals surface area contributed by atoms with Gasteiger partial charge in [0.25, 0.3) is 0 Å². The molecule has 0 radical (unpaired) electrons. The lowest BCUT2D eigenvalue weighted by Crippen LogP contribution is -2.53. The monoisotopic (exact) mass is 523 g/mol. The molecule has 178 valence electrons. The van der Waals surface area contributed by atoms with Crippen LogP contribution in [0.3, 0.4) is 0 Å². The average molecular weight is 524 g/mol. The molecule has 0 heterocycles. The number of carboxylic acid groups (broad SMARTS) is 1. The van der Waals surface area contributed by atoms with E-state index in [0.29, 0.717) is 10.0 Å². The molecule has 10 heteroatoms. The number of carboxylic acids is 1. The molecule has 1 aliphatic carbocycles. The summed E-state index contributed by atoms with van der Waals surface area (Å²) in [6.45, 7) is 2.93. The second-order valence-electron chi connectivity index (χ2n) is 7.95. The van der Waals surface area contributed by atoms with E-state index in [-0.39, 0.29) is 23.5 Å². The summed E-state index contributed by atoms with van der Waals surface area (Å²) in [5.41, 5.74) is 0.0929. The number of ether oxygens (including phenoxy) is 2. The van der Waals surface area contributed by atoms with Gasteiger partial charge in [-0.1, -0.05) is 54.1 Å². The van der Waals surface area contributed by atoms with Crippen LogP contribution in [0.4, 0.5) is 17.6 Å². The highest BCUT2D eigenvalue weighted by Crippen LogP contribution is 2.43. The van der Waals surface area contributed by atoms with Crippen LogP contribution in [0, 0.1) is 5.92 Å². The van der Waals surface area contributed by atoms with E-state index in [2.05, 4.69) is 21.2 Å². The number of methoxy groups -OCH3 is 1. The zero-order chi connectivity index (χ0) is 24.1. The number of allylic oxidation sites excluding steroid dienone is 2. The van der Waals surface area contributed by atoms with Crippen LogP contribution in [-0.2, 0) is 14.3 Å². The standard InChI is InChI=1S/C22H26BrF4NO4/c1-13(2)9-18(20(29)30)28-19(22(25,26)27)15-7-8-17(14-5-4-6-16(23)10-14)21(24,11-15)32-12-31-3/h4-8,10,13,18-19,28H,9,11-12H2,1-3H3,(H,29,30). The van der Waals surface area contributed by atoms with E-state index in [1.165, 1.54) is 19.3 Å². The quantitative estimate of drug-likeness (QED) is 0.314. The third-order valence-electron chi connectivity index (χ3n) is 4.91. The number of hydrogen-bond donors (Lipinski definition) is 2. The first-order valence-corrected chi connectivity index (χ1v) is 10.7. The molecule has 0 saturated heterocycles. The van der Waals surface area contributed by atoms with Gasteiger partial charge in [0.15, 0.2) is 0 Å². The Morgan fingerprint density at radius 1 is 1.31 bits per heavy atom. The summed E-state index contributed by atoms with van der Waals surface area (Å²) < 4.78 is 68.5. The van der Waals surface area contributed by atoms with Crippen molar-refractivity contribution in [2.24, 2.45) is 5.92 Å². The van der Waals surface area contributed by atoms with Gasteiger partial charge < -0.3 is 14.6 Å². The van der Waals surface area contributed by atoms with Crippen LogP contribution in [0.2, 0.25) is 0 Å². The lowest BCUT2D eigenvalue weighted by molar-refractivity contribution is -0.172. The zero-order valence-corrected chi connectivity index (χ0v) is 19.5. The molecule has 0 spiro atoms. The van der Waals surface area contributed by atoms with E-state index >= 15 is 4.39 Å². The first kappa shape index (κ1) is 26.5. The topological polar surface area (TPSA) is 67.8 Å². The van der Waals surface area contributed by atoms with E-state index < -0.39 is 43.3 Å². The molecule has 0 fully saturated rings. The van der Waals surface area contributed by atoms with Crippen LogP contribution < -0.4 is 5.32 Å². The molecule has 0 bridgehead atoms. The maximum atomic E-state index is 16.0. The van der Waals surface area contributed by atoms with Crippen LogP contribution in [0.5, 0.6) is 0 Å². The van der Waals surface area contributed by atoms with Crippen molar-refractivity contribution in [2.45, 2.75) is 50.8 Å². The normalized spacial score (nSPS) is 21.2. The van der Waals surface area contributed by atoms with Gasteiger partial charge in [-0.2, -0.15) is 13.2 Å². The van der Waals surface area contributed by atoms with Crippen molar-refractivity contribution in [3.05, 3.63) is 52.0 Å². The molecule has 3 unspecified atom stereocenters. The van der Waals surface area contributed by atoms with Gasteiger partial charge in [-0.25, -0.2) is 4.39 Å². The highest BCUT2D eigenvalue weighted by molar-refractivity contribution is 9.10. The third-order valence-corrected chi connectivity index (χ3v) is 5.40. The van der Waals surface area contributed by atoms with Gasteiger partial charge in [0, 0.05) is 23.6 Å². The number of hydrogen-bond acceptors (Lipinski definition) is 4. The van der Waals surface area contributed by atoms with Crippen molar-refractivity contribution in [1.29, 1.82) is 0 Å². The fraction of sp³-hybridized carbons (Fsp3) is 0.500. The Balaban J connectivity index is 2.49. The van der Waals surface area contributed by atoms with Gasteiger partial charge in [-0.05, 0) is 35.6 Å². The second-order valence-corrected chi connectivity index (χ2v) is 8.87. The third kappa shape index (κ3) is 6.87. The fourth-order valence-corrected chi connectivity index (χ4v) is 3.90. The summed E-state index contributed by atoms with van der Waals surface area (Å²) >= 11 is 3.30. The Bertz CT molecular complexity index is 872. The highest BCUT2D eigenvalue weighted by atomic mass is 79.9. The summed E-state index contributed by atoms with van der Waals surface area (Å²) in [4.78, 5) is 11.5. The molecule has 2 N–H and O–H groups in total. The predicted molar refractivity (Wildman–Crippen MR) is 115 cm³/mol. The minimum atomic E-state index is -4.85. The molecule has 0 amide bonds. The van der Waals surface area contributed by atoms with E-state index in [1.807, 2.05) is 0 Å². The van der Waals surface area contributed by atoms with Gasteiger partial charge in [-0.15, -0.1) is 0 Å². The number of carbonyl (C=O) groups is 1. The molecule has 0 saturated carbocycles. The largest absolute Gasteiger partial charge is 0.480 e. The lowest BCUT2D eigenvalue weighted by atomic mass is 9.85. The predicted octanol–water partition coefficient (Wildman–Crippen LogP) is 5.47. The van der Waals surface area contributed by atoms with E-state index in [9.17, 15) is 23.1 Å². The summed E-state index contributed by atoms with van der Waals surface area (Å²) in [5, 5.41) is 11.6. The molecule has 0 aromatic heterocycles. The Morgan fingerprint density at radius 3 is 2.53 bits per heavy atom. The molecule has 1 aromatic carbocycles. The molecule has 2 rings (SSSR count). The van der Waals surface area contributed by atoms with E-state index in [1.54, 1.807) is 38.1 Å². The van der Waals surface area contributed by atoms with Crippen molar-refractivity contribution >= 4 is 27.5 Å². The first-order chi connectivity index (χ1) is 14.9. The van der Waals surface area contributed by atoms with Crippen LogP contribution in [0.1, 0.15) is 32.3 Å². The Hall–Kier alpha value is -1.75. The zero-order valence-electron chi connectivity index (χ0n) is 17.9. The van der Waals surface area contributed by atoms with Gasteiger partial charge in [0.2, 0.25) is 5.85 Å². The molecule has 3 atom stereocenters. The fourth-order valence-electron chi connectivity index (χ4n) is 3.50. The number of alkyl halides is 4. The van der Waals surface area contributed by atoms with Gasteiger partial charge in [0.1, 0.15) is 18.9 Å². The number of aliphatic carboxylic acids is 1. The van der Waals surface area contributed by atoms with Crippen LogP contribution >= 0.6 is 15.9 Å². The van der Waals surface area contributed by atoms with Crippen LogP contribution in [-0.4, -0.2) is 49.1 Å². The van der Waals surface area contributed by atoms with Crippen LogP contribution in [0.25, 0.3) is 5.57 Å². The number of benzene rings is 1. The number of rotatable bonds is 10. The van der Waals surface area contributed by atoms with Crippen molar-refractivity contribution in [3.63, 3.8) is 0 Å². The van der Waals surface area contributed by atoms with E-state index in [4.69, 9.17) is 9.47 Å². The van der Waals surface area contributed by atoms with Crippen molar-refractivity contribution in [2.75, 3.05) is 13.9 Å². The Kier molecular flexibility index (Phi) is 9.04. The maximum Gasteiger partial charge on any atom is 0.407 e. The summed E-state index contributed by atoms with van der Waals surface area (Å²) in [6, 6.07) is 2.82. The Labute approximate surface area is 192 Å². The molecule has 0 aliphatic heterocycles. The first-order valence-electron chi connectivity index (χ1n) is 9.92. The van der Waals surface area contributed by atoms with Crippen LogP contribution in [0.15, 0.2) is 46.5 Å². The van der Waals surface area contributed by atoms with Gasteiger partial charge in [0.05, 0.1) is 0 Å². The average Bonchev–Trinajstić information content (AvgIpc) is 2.68. The maximum absolute atomic E-state index is 16.0. The lowest BCUT2D eigenvalue weighted by Gasteiger charge is -2.36. The van der Waals surface area contributed by atoms with Crippen molar-refractivity contribution < 1.29 is 36.9 Å². The molecule has 1 aromatic rings. The smallest absolute Gasteiger partial charge is 0.407 e. The minimum Gasteiger partial charge on any atom is -0.480 e. The second kappa shape index (κ2) is 10.9.